The average Bonchev–Trinajstić information content (AvgIpc) is 2.38. The fourth-order valence-electron chi connectivity index (χ4n) is 2.13. The normalized spacial score (nSPS) is 10.8. The van der Waals surface area contributed by atoms with Gasteiger partial charge in [0, 0.05) is 18.8 Å². The molecule has 0 aliphatic heterocycles. The van der Waals surface area contributed by atoms with E-state index in [-0.39, 0.29) is 0 Å². The van der Waals surface area contributed by atoms with Gasteiger partial charge in [-0.05, 0) is 42.2 Å². The molecule has 100 valence electrons. The molecule has 0 unspecified atom stereocenters. The molecule has 1 aromatic heterocycles. The van der Waals surface area contributed by atoms with Crippen molar-refractivity contribution in [3.63, 3.8) is 0 Å². The van der Waals surface area contributed by atoms with Gasteiger partial charge in [0.05, 0.1) is 5.69 Å². The molecule has 0 spiro atoms. The molecule has 1 aromatic carbocycles. The Morgan fingerprint density at radius 2 is 1.89 bits per heavy atom. The zero-order valence-electron chi connectivity index (χ0n) is 11.7. The SMILES string of the molecule is Cc1cc(Oc2ccnc(CN)c2)ccc1C(C)C. The van der Waals surface area contributed by atoms with E-state index in [2.05, 4.69) is 37.9 Å². The number of ether oxygens (including phenoxy) is 1. The van der Waals surface area contributed by atoms with Crippen LogP contribution in [0.15, 0.2) is 36.5 Å². The molecule has 1 heterocycles. The third kappa shape index (κ3) is 3.32. The molecule has 0 saturated heterocycles. The van der Waals surface area contributed by atoms with E-state index in [1.54, 1.807) is 6.20 Å². The maximum atomic E-state index is 5.84. The first kappa shape index (κ1) is 13.6. The van der Waals surface area contributed by atoms with Crippen LogP contribution in [0.1, 0.15) is 36.6 Å². The van der Waals surface area contributed by atoms with Gasteiger partial charge >= 0.3 is 0 Å². The Balaban J connectivity index is 2.21. The number of nitrogens with zero attached hydrogens (tertiary/aromatic N) is 1. The molecule has 2 aromatic rings. The molecule has 0 bridgehead atoms. The number of aryl methyl sites for hydroxylation is 1. The second-order valence-electron chi connectivity index (χ2n) is 4.96. The van der Waals surface area contributed by atoms with Crippen molar-refractivity contribution in [2.24, 2.45) is 5.73 Å². The van der Waals surface area contributed by atoms with Crippen molar-refractivity contribution in [1.29, 1.82) is 0 Å². The van der Waals surface area contributed by atoms with E-state index in [1.165, 1.54) is 11.1 Å². The third-order valence-corrected chi connectivity index (χ3v) is 3.10. The minimum absolute atomic E-state index is 0.419. The number of benzene rings is 1. The largest absolute Gasteiger partial charge is 0.457 e. The molecule has 0 amide bonds. The Hall–Kier alpha value is -1.87. The van der Waals surface area contributed by atoms with Gasteiger partial charge in [0.1, 0.15) is 11.5 Å². The predicted octanol–water partition coefficient (Wildman–Crippen LogP) is 3.76. The van der Waals surface area contributed by atoms with Gasteiger partial charge in [-0.1, -0.05) is 19.9 Å². The highest BCUT2D eigenvalue weighted by molar-refractivity contribution is 5.39. The molecule has 0 radical (unpaired) electrons. The van der Waals surface area contributed by atoms with Crippen LogP contribution in [-0.4, -0.2) is 4.98 Å². The second kappa shape index (κ2) is 5.85. The van der Waals surface area contributed by atoms with E-state index in [1.807, 2.05) is 18.2 Å². The van der Waals surface area contributed by atoms with Crippen LogP contribution in [0.5, 0.6) is 11.5 Å². The summed E-state index contributed by atoms with van der Waals surface area (Å²) in [5.41, 5.74) is 9.00. The molecule has 2 N–H and O–H groups in total. The van der Waals surface area contributed by atoms with E-state index in [0.717, 1.165) is 17.2 Å². The van der Waals surface area contributed by atoms with Crippen LogP contribution in [0.25, 0.3) is 0 Å². The average molecular weight is 256 g/mol. The van der Waals surface area contributed by atoms with Gasteiger partial charge in [-0.3, -0.25) is 4.98 Å². The standard InChI is InChI=1S/C16H20N2O/c1-11(2)16-5-4-14(8-12(16)3)19-15-6-7-18-13(9-15)10-17/h4-9,11H,10,17H2,1-3H3. The van der Waals surface area contributed by atoms with E-state index in [0.29, 0.717) is 12.5 Å². The lowest BCUT2D eigenvalue weighted by atomic mass is 9.98. The minimum atomic E-state index is 0.419. The zero-order valence-corrected chi connectivity index (χ0v) is 11.7. The molecule has 19 heavy (non-hydrogen) atoms. The maximum Gasteiger partial charge on any atom is 0.130 e. The van der Waals surface area contributed by atoms with Crippen LogP contribution in [-0.2, 0) is 6.54 Å². The van der Waals surface area contributed by atoms with Gasteiger partial charge in [0.25, 0.3) is 0 Å². The van der Waals surface area contributed by atoms with Crippen molar-refractivity contribution in [2.45, 2.75) is 33.2 Å². The summed E-state index contributed by atoms with van der Waals surface area (Å²) in [5.74, 6) is 2.14. The molecule has 0 atom stereocenters. The number of nitrogens with two attached hydrogens (primary N) is 1. The first-order chi connectivity index (χ1) is 9.10. The quantitative estimate of drug-likeness (QED) is 0.906. The van der Waals surface area contributed by atoms with E-state index < -0.39 is 0 Å². The summed E-state index contributed by atoms with van der Waals surface area (Å²) in [5, 5.41) is 0. The van der Waals surface area contributed by atoms with Crippen molar-refractivity contribution in [3.05, 3.63) is 53.3 Å². The highest BCUT2D eigenvalue weighted by Crippen LogP contribution is 2.27. The van der Waals surface area contributed by atoms with Gasteiger partial charge in [0.15, 0.2) is 0 Å². The Morgan fingerprint density at radius 1 is 1.16 bits per heavy atom. The smallest absolute Gasteiger partial charge is 0.130 e. The Labute approximate surface area is 114 Å². The van der Waals surface area contributed by atoms with Crippen molar-refractivity contribution in [3.8, 4) is 11.5 Å². The molecular formula is C16H20N2O. The Kier molecular flexibility index (Phi) is 4.17. The summed E-state index contributed by atoms with van der Waals surface area (Å²) in [6.07, 6.45) is 1.72. The van der Waals surface area contributed by atoms with Crippen LogP contribution < -0.4 is 10.5 Å². The summed E-state index contributed by atoms with van der Waals surface area (Å²) in [4.78, 5) is 4.15. The Bertz CT molecular complexity index is 564. The van der Waals surface area contributed by atoms with Crippen LogP contribution in [0, 0.1) is 6.92 Å². The van der Waals surface area contributed by atoms with Gasteiger partial charge in [-0.2, -0.15) is 0 Å². The molecule has 0 fully saturated rings. The number of pyridine rings is 1. The number of aromatic nitrogens is 1. The van der Waals surface area contributed by atoms with Gasteiger partial charge < -0.3 is 10.5 Å². The highest BCUT2D eigenvalue weighted by Gasteiger charge is 2.05. The fourth-order valence-corrected chi connectivity index (χ4v) is 2.13. The maximum absolute atomic E-state index is 5.84. The zero-order chi connectivity index (χ0) is 13.8. The minimum Gasteiger partial charge on any atom is -0.457 e. The van der Waals surface area contributed by atoms with Crippen LogP contribution >= 0.6 is 0 Å². The molecular weight excluding hydrogens is 236 g/mol. The molecule has 0 saturated carbocycles. The van der Waals surface area contributed by atoms with E-state index in [4.69, 9.17) is 10.5 Å². The molecule has 0 aliphatic rings. The lowest BCUT2D eigenvalue weighted by molar-refractivity contribution is 0.480. The predicted molar refractivity (Wildman–Crippen MR) is 77.5 cm³/mol. The molecule has 0 aliphatic carbocycles. The van der Waals surface area contributed by atoms with Crippen molar-refractivity contribution in [1.82, 2.24) is 4.98 Å². The van der Waals surface area contributed by atoms with Gasteiger partial charge in [0.2, 0.25) is 0 Å². The van der Waals surface area contributed by atoms with Crippen LogP contribution in [0.4, 0.5) is 0 Å². The summed E-state index contributed by atoms with van der Waals surface area (Å²) in [6, 6.07) is 9.90. The second-order valence-corrected chi connectivity index (χ2v) is 4.96. The number of rotatable bonds is 4. The topological polar surface area (TPSA) is 48.1 Å². The lowest BCUT2D eigenvalue weighted by Crippen LogP contribution is -1.99. The fraction of sp³-hybridized carbons (Fsp3) is 0.312. The number of hydrogen-bond acceptors (Lipinski definition) is 3. The molecule has 3 heteroatoms. The highest BCUT2D eigenvalue weighted by atomic mass is 16.5. The first-order valence-electron chi connectivity index (χ1n) is 6.53. The number of hydrogen-bond donors (Lipinski definition) is 1. The van der Waals surface area contributed by atoms with Gasteiger partial charge in [-0.25, -0.2) is 0 Å². The summed E-state index contributed by atoms with van der Waals surface area (Å²) in [7, 11) is 0. The summed E-state index contributed by atoms with van der Waals surface area (Å²) < 4.78 is 5.84. The van der Waals surface area contributed by atoms with Crippen molar-refractivity contribution in [2.75, 3.05) is 0 Å². The first-order valence-corrected chi connectivity index (χ1v) is 6.53. The van der Waals surface area contributed by atoms with Crippen LogP contribution in [0.2, 0.25) is 0 Å². The lowest BCUT2D eigenvalue weighted by Gasteiger charge is -2.12. The van der Waals surface area contributed by atoms with Crippen LogP contribution in [0.3, 0.4) is 0 Å². The Morgan fingerprint density at radius 3 is 2.53 bits per heavy atom. The molecule has 3 nitrogen and oxygen atoms in total. The summed E-state index contributed by atoms with van der Waals surface area (Å²) in [6.45, 7) is 6.92. The van der Waals surface area contributed by atoms with Crippen molar-refractivity contribution >= 4 is 0 Å². The van der Waals surface area contributed by atoms with Crippen molar-refractivity contribution < 1.29 is 4.74 Å². The monoisotopic (exact) mass is 256 g/mol. The third-order valence-electron chi connectivity index (χ3n) is 3.10. The molecule has 2 rings (SSSR count). The van der Waals surface area contributed by atoms with E-state index in [9.17, 15) is 0 Å². The van der Waals surface area contributed by atoms with E-state index >= 15 is 0 Å². The van der Waals surface area contributed by atoms with Gasteiger partial charge in [-0.15, -0.1) is 0 Å². The summed E-state index contributed by atoms with van der Waals surface area (Å²) >= 11 is 0.